The number of guanidine groups is 1. The van der Waals surface area contributed by atoms with Crippen LogP contribution in [0.15, 0.2) is 4.99 Å². The van der Waals surface area contributed by atoms with Crippen LogP contribution in [0.25, 0.3) is 0 Å². The third-order valence-electron chi connectivity index (χ3n) is 4.90. The highest BCUT2D eigenvalue weighted by Gasteiger charge is 2.29. The first-order valence-corrected chi connectivity index (χ1v) is 10.5. The summed E-state index contributed by atoms with van der Waals surface area (Å²) in [4.78, 5) is 16.7. The van der Waals surface area contributed by atoms with Crippen molar-refractivity contribution in [1.82, 2.24) is 16.0 Å². The van der Waals surface area contributed by atoms with E-state index in [2.05, 4.69) is 29.8 Å². The van der Waals surface area contributed by atoms with E-state index in [1.807, 2.05) is 11.8 Å². The van der Waals surface area contributed by atoms with Crippen LogP contribution in [0.4, 0.5) is 0 Å². The van der Waals surface area contributed by atoms with Gasteiger partial charge in [0.25, 0.3) is 0 Å². The molecule has 0 radical (unpaired) electrons. The second-order valence-electron chi connectivity index (χ2n) is 7.23. The lowest BCUT2D eigenvalue weighted by molar-refractivity contribution is -0.121. The Morgan fingerprint density at radius 3 is 2.52 bits per heavy atom. The minimum Gasteiger partial charge on any atom is -0.357 e. The highest BCUT2D eigenvalue weighted by Crippen LogP contribution is 2.37. The molecule has 0 bridgehead atoms. The molecule has 0 aromatic rings. The summed E-state index contributed by atoms with van der Waals surface area (Å²) in [5.41, 5.74) is 0. The third kappa shape index (κ3) is 8.84. The van der Waals surface area contributed by atoms with Crippen molar-refractivity contribution in [2.24, 2.45) is 10.9 Å². The number of carbonyl (C=O) groups is 1. The van der Waals surface area contributed by atoms with E-state index in [1.165, 1.54) is 44.3 Å². The third-order valence-corrected chi connectivity index (χ3v) is 6.43. The predicted molar refractivity (Wildman–Crippen MR) is 119 cm³/mol. The second kappa shape index (κ2) is 12.3. The zero-order chi connectivity index (χ0) is 17.3. The number of amides is 1. The van der Waals surface area contributed by atoms with Crippen molar-refractivity contribution in [3.05, 3.63) is 0 Å². The Kier molecular flexibility index (Phi) is 11.2. The summed E-state index contributed by atoms with van der Waals surface area (Å²) < 4.78 is 0.290. The molecule has 1 unspecified atom stereocenters. The fourth-order valence-electron chi connectivity index (χ4n) is 3.48. The average Bonchev–Trinajstić information content (AvgIpc) is 3.21. The van der Waals surface area contributed by atoms with Crippen LogP contribution < -0.4 is 16.0 Å². The zero-order valence-corrected chi connectivity index (χ0v) is 18.9. The highest BCUT2D eigenvalue weighted by atomic mass is 127. The van der Waals surface area contributed by atoms with Crippen LogP contribution in [0.1, 0.15) is 58.8 Å². The lowest BCUT2D eigenvalue weighted by atomic mass is 10.0. The van der Waals surface area contributed by atoms with Crippen molar-refractivity contribution in [2.45, 2.75) is 63.5 Å². The highest BCUT2D eigenvalue weighted by molar-refractivity contribution is 14.0. The predicted octanol–water partition coefficient (Wildman–Crippen LogP) is 3.14. The summed E-state index contributed by atoms with van der Waals surface area (Å²) in [7, 11) is 0. The number of rotatable bonds is 8. The van der Waals surface area contributed by atoms with Crippen molar-refractivity contribution in [2.75, 3.05) is 31.9 Å². The minimum atomic E-state index is 0. The lowest BCUT2D eigenvalue weighted by Crippen LogP contribution is -2.42. The quantitative estimate of drug-likeness (QED) is 0.215. The molecule has 0 spiro atoms. The minimum absolute atomic E-state index is 0. The van der Waals surface area contributed by atoms with E-state index in [0.29, 0.717) is 25.4 Å². The van der Waals surface area contributed by atoms with E-state index >= 15 is 0 Å². The van der Waals surface area contributed by atoms with Crippen LogP contribution in [0, 0.1) is 5.92 Å². The molecule has 146 valence electrons. The summed E-state index contributed by atoms with van der Waals surface area (Å²) in [5, 5.41) is 9.64. The number of aliphatic imine (C=N–C) groups is 1. The molecule has 1 heterocycles. The van der Waals surface area contributed by atoms with Gasteiger partial charge < -0.3 is 16.0 Å². The molecule has 2 rings (SSSR count). The smallest absolute Gasteiger partial charge is 0.220 e. The first kappa shape index (κ1) is 22.9. The van der Waals surface area contributed by atoms with Gasteiger partial charge >= 0.3 is 0 Å². The molecule has 0 aromatic carbocycles. The molecule has 7 heteroatoms. The molecule has 2 aliphatic rings. The van der Waals surface area contributed by atoms with Crippen LogP contribution >= 0.6 is 35.7 Å². The van der Waals surface area contributed by atoms with Gasteiger partial charge in [0.1, 0.15) is 0 Å². The van der Waals surface area contributed by atoms with E-state index in [0.717, 1.165) is 19.0 Å². The molecule has 1 atom stereocenters. The lowest BCUT2D eigenvalue weighted by Gasteiger charge is -2.21. The van der Waals surface area contributed by atoms with Crippen molar-refractivity contribution in [1.29, 1.82) is 0 Å². The Labute approximate surface area is 174 Å². The standard InChI is InChI=1S/C18H34N4OS.HI/c1-3-19-17(22-14-18(2)9-6-12-24-18)21-11-10-20-16(23)13-15-7-4-5-8-15;/h15H,3-14H2,1-2H3,(H,20,23)(H2,19,21,22);1H. The molecule has 1 aliphatic heterocycles. The first-order valence-electron chi connectivity index (χ1n) is 9.54. The van der Waals surface area contributed by atoms with Crippen LogP contribution in [0.5, 0.6) is 0 Å². The van der Waals surface area contributed by atoms with Gasteiger partial charge in [0.05, 0.1) is 6.54 Å². The number of nitrogens with one attached hydrogen (secondary N) is 3. The monoisotopic (exact) mass is 482 g/mol. The molecule has 1 saturated heterocycles. The fraction of sp³-hybridized carbons (Fsp3) is 0.889. The van der Waals surface area contributed by atoms with Gasteiger partial charge in [-0.25, -0.2) is 0 Å². The van der Waals surface area contributed by atoms with E-state index in [9.17, 15) is 4.79 Å². The summed E-state index contributed by atoms with van der Waals surface area (Å²) >= 11 is 2.03. The second-order valence-corrected chi connectivity index (χ2v) is 8.91. The van der Waals surface area contributed by atoms with Gasteiger partial charge in [0.2, 0.25) is 5.91 Å². The van der Waals surface area contributed by atoms with Gasteiger partial charge in [-0.05, 0) is 51.2 Å². The molecular formula is C18H35IN4OS. The largest absolute Gasteiger partial charge is 0.357 e. The van der Waals surface area contributed by atoms with Crippen LogP contribution in [-0.2, 0) is 4.79 Å². The summed E-state index contributed by atoms with van der Waals surface area (Å²) in [6.45, 7) is 7.45. The van der Waals surface area contributed by atoms with Gasteiger partial charge in [-0.2, -0.15) is 11.8 Å². The summed E-state index contributed by atoms with van der Waals surface area (Å²) in [5.74, 6) is 2.92. The molecule has 1 aliphatic carbocycles. The van der Waals surface area contributed by atoms with Crippen LogP contribution in [0.2, 0.25) is 0 Å². The molecule has 1 saturated carbocycles. The van der Waals surface area contributed by atoms with Crippen molar-refractivity contribution in [3.8, 4) is 0 Å². The number of nitrogens with zero attached hydrogens (tertiary/aromatic N) is 1. The fourth-order valence-corrected chi connectivity index (χ4v) is 4.71. The Hall–Kier alpha value is -0.180. The van der Waals surface area contributed by atoms with Gasteiger partial charge in [-0.3, -0.25) is 9.79 Å². The maximum atomic E-state index is 11.9. The van der Waals surface area contributed by atoms with Crippen molar-refractivity contribution in [3.63, 3.8) is 0 Å². The van der Waals surface area contributed by atoms with Crippen LogP contribution in [-0.4, -0.2) is 48.5 Å². The number of carbonyl (C=O) groups excluding carboxylic acids is 1. The molecule has 5 nitrogen and oxygen atoms in total. The van der Waals surface area contributed by atoms with Crippen LogP contribution in [0.3, 0.4) is 0 Å². The topological polar surface area (TPSA) is 65.5 Å². The summed E-state index contributed by atoms with van der Waals surface area (Å²) in [6.07, 6.45) is 8.27. The van der Waals surface area contributed by atoms with Crippen molar-refractivity contribution < 1.29 is 4.79 Å². The van der Waals surface area contributed by atoms with Crippen molar-refractivity contribution >= 4 is 47.6 Å². The zero-order valence-electron chi connectivity index (χ0n) is 15.7. The number of hydrogen-bond donors (Lipinski definition) is 3. The van der Waals surface area contributed by atoms with Gasteiger partial charge in [-0.15, -0.1) is 24.0 Å². The molecule has 25 heavy (non-hydrogen) atoms. The molecule has 0 aromatic heterocycles. The van der Waals surface area contributed by atoms with E-state index in [-0.39, 0.29) is 34.6 Å². The Morgan fingerprint density at radius 2 is 1.88 bits per heavy atom. The van der Waals surface area contributed by atoms with E-state index in [4.69, 9.17) is 4.99 Å². The molecule has 1 amide bonds. The number of thioether (sulfide) groups is 1. The Balaban J connectivity index is 0.00000312. The van der Waals surface area contributed by atoms with Gasteiger partial charge in [0.15, 0.2) is 5.96 Å². The SMILES string of the molecule is CCNC(=NCC1(C)CCCS1)NCCNC(=O)CC1CCCC1.I. The number of halogens is 1. The first-order chi connectivity index (χ1) is 11.6. The molecule has 2 fully saturated rings. The maximum Gasteiger partial charge on any atom is 0.220 e. The molecule has 3 N–H and O–H groups in total. The average molecular weight is 482 g/mol. The number of hydrogen-bond acceptors (Lipinski definition) is 3. The summed E-state index contributed by atoms with van der Waals surface area (Å²) in [6, 6.07) is 0. The normalized spacial score (nSPS) is 24.0. The Bertz CT molecular complexity index is 421. The van der Waals surface area contributed by atoms with Gasteiger partial charge in [-0.1, -0.05) is 12.8 Å². The Morgan fingerprint density at radius 1 is 1.16 bits per heavy atom. The van der Waals surface area contributed by atoms with E-state index in [1.54, 1.807) is 0 Å². The van der Waals surface area contributed by atoms with E-state index < -0.39 is 0 Å². The molecular weight excluding hydrogens is 447 g/mol. The van der Waals surface area contributed by atoms with Gasteiger partial charge in [0, 0.05) is 30.8 Å². The maximum absolute atomic E-state index is 11.9.